The predicted octanol–water partition coefficient (Wildman–Crippen LogP) is 2.84. The minimum absolute atomic E-state index is 0.0669. The van der Waals surface area contributed by atoms with Gasteiger partial charge in [-0.1, -0.05) is 12.1 Å². The van der Waals surface area contributed by atoms with E-state index in [1.807, 2.05) is 42.5 Å². The largest absolute Gasteiger partial charge is 0.497 e. The topological polar surface area (TPSA) is 80.4 Å². The molecule has 0 fully saturated rings. The Kier molecular flexibility index (Phi) is 6.32. The predicted molar refractivity (Wildman–Crippen MR) is 109 cm³/mol. The molecule has 0 aliphatic rings. The molecule has 0 saturated heterocycles. The van der Waals surface area contributed by atoms with E-state index in [4.69, 9.17) is 9.47 Å². The van der Waals surface area contributed by atoms with Crippen LogP contribution in [0.15, 0.2) is 53.3 Å². The Bertz CT molecular complexity index is 1010. The van der Waals surface area contributed by atoms with Gasteiger partial charge in [-0.15, -0.1) is 0 Å². The first-order valence-corrected chi connectivity index (χ1v) is 9.18. The zero-order valence-corrected chi connectivity index (χ0v) is 16.1. The summed E-state index contributed by atoms with van der Waals surface area (Å²) in [6.45, 7) is 0.555. The Morgan fingerprint density at radius 2 is 1.68 bits per heavy atom. The fourth-order valence-corrected chi connectivity index (χ4v) is 3.01. The fraction of sp³-hybridized carbons (Fsp3) is 0.273. The second kappa shape index (κ2) is 9.08. The first-order valence-electron chi connectivity index (χ1n) is 9.18. The van der Waals surface area contributed by atoms with E-state index < -0.39 is 0 Å². The number of carbonyl (C=O) groups is 1. The van der Waals surface area contributed by atoms with Crippen molar-refractivity contribution in [3.63, 3.8) is 0 Å². The Labute approximate surface area is 163 Å². The average molecular weight is 380 g/mol. The average Bonchev–Trinajstić information content (AvgIpc) is 2.72. The molecule has 146 valence electrons. The second-order valence-electron chi connectivity index (χ2n) is 6.52. The number of methoxy groups -OCH3 is 2. The summed E-state index contributed by atoms with van der Waals surface area (Å²) in [5, 5.41) is 3.82. The minimum Gasteiger partial charge on any atom is -0.497 e. The van der Waals surface area contributed by atoms with E-state index >= 15 is 0 Å². The molecule has 3 aromatic rings. The smallest absolute Gasteiger partial charge is 0.251 e. The lowest BCUT2D eigenvalue weighted by atomic mass is 10.1. The van der Waals surface area contributed by atoms with E-state index in [1.165, 1.54) is 0 Å². The van der Waals surface area contributed by atoms with E-state index in [-0.39, 0.29) is 17.9 Å². The van der Waals surface area contributed by atoms with E-state index in [0.29, 0.717) is 24.3 Å². The van der Waals surface area contributed by atoms with Crippen LogP contribution in [0, 0.1) is 0 Å². The van der Waals surface area contributed by atoms with Crippen LogP contribution in [0.2, 0.25) is 0 Å². The van der Waals surface area contributed by atoms with Crippen LogP contribution < -0.4 is 20.3 Å². The van der Waals surface area contributed by atoms with Crippen LogP contribution in [0.1, 0.15) is 17.5 Å². The number of carbonyl (C=O) groups excluding carboxylic acids is 1. The van der Waals surface area contributed by atoms with Crippen LogP contribution in [-0.2, 0) is 17.6 Å². The molecule has 2 aromatic carbocycles. The summed E-state index contributed by atoms with van der Waals surface area (Å²) in [5.41, 5.74) is 2.27. The van der Waals surface area contributed by atoms with E-state index in [0.717, 1.165) is 28.6 Å². The Morgan fingerprint density at radius 3 is 2.39 bits per heavy atom. The van der Waals surface area contributed by atoms with Crippen molar-refractivity contribution in [3.05, 3.63) is 70.0 Å². The van der Waals surface area contributed by atoms with Gasteiger partial charge < -0.3 is 19.8 Å². The first-order chi connectivity index (χ1) is 13.6. The summed E-state index contributed by atoms with van der Waals surface area (Å²) in [5.74, 6) is 1.43. The maximum atomic E-state index is 12.3. The van der Waals surface area contributed by atoms with Crippen molar-refractivity contribution in [3.8, 4) is 11.5 Å². The number of fused-ring (bicyclic) bond motifs is 1. The van der Waals surface area contributed by atoms with Crippen molar-refractivity contribution in [1.82, 2.24) is 10.3 Å². The summed E-state index contributed by atoms with van der Waals surface area (Å²) in [6, 6.07) is 15.1. The number of aryl methyl sites for hydroxylation is 1. The highest BCUT2D eigenvalue weighted by molar-refractivity contribution is 5.81. The number of H-pyrrole nitrogens is 1. The maximum absolute atomic E-state index is 12.3. The number of aromatic nitrogens is 1. The highest BCUT2D eigenvalue weighted by atomic mass is 16.5. The van der Waals surface area contributed by atoms with Gasteiger partial charge in [-0.2, -0.15) is 0 Å². The zero-order valence-electron chi connectivity index (χ0n) is 16.1. The van der Waals surface area contributed by atoms with Crippen LogP contribution in [0.4, 0.5) is 0 Å². The monoisotopic (exact) mass is 380 g/mol. The van der Waals surface area contributed by atoms with Gasteiger partial charge in [0.25, 0.3) is 5.56 Å². The molecule has 1 aromatic heterocycles. The highest BCUT2D eigenvalue weighted by Crippen LogP contribution is 2.18. The van der Waals surface area contributed by atoms with Gasteiger partial charge in [0.1, 0.15) is 11.5 Å². The molecule has 0 unspecified atom stereocenters. The molecule has 0 atom stereocenters. The molecule has 0 aliphatic heterocycles. The van der Waals surface area contributed by atoms with Gasteiger partial charge in [-0.3, -0.25) is 9.59 Å². The number of aromatic amines is 1. The molecule has 1 heterocycles. The summed E-state index contributed by atoms with van der Waals surface area (Å²) >= 11 is 0. The molecule has 0 aliphatic carbocycles. The second-order valence-corrected chi connectivity index (χ2v) is 6.52. The third kappa shape index (κ3) is 4.91. The van der Waals surface area contributed by atoms with Gasteiger partial charge >= 0.3 is 0 Å². The van der Waals surface area contributed by atoms with Crippen molar-refractivity contribution >= 4 is 16.8 Å². The summed E-state index contributed by atoms with van der Waals surface area (Å²) in [6.07, 6.45) is 1.41. The Morgan fingerprint density at radius 1 is 0.964 bits per heavy atom. The van der Waals surface area contributed by atoms with Gasteiger partial charge in [0.05, 0.1) is 19.7 Å². The normalized spacial score (nSPS) is 10.6. The third-order valence-corrected chi connectivity index (χ3v) is 4.65. The Balaban J connectivity index is 1.52. The van der Waals surface area contributed by atoms with Gasteiger partial charge in [0.2, 0.25) is 5.91 Å². The van der Waals surface area contributed by atoms with Crippen LogP contribution in [0.5, 0.6) is 11.5 Å². The summed E-state index contributed by atoms with van der Waals surface area (Å²) in [4.78, 5) is 27.2. The number of benzene rings is 2. The SMILES string of the molecule is COc1ccc(CCNC(=O)CCc2cc3ccc(OC)cc3[nH]c2=O)cc1. The Hall–Kier alpha value is -3.28. The molecule has 0 bridgehead atoms. The number of nitrogens with one attached hydrogen (secondary N) is 2. The van der Waals surface area contributed by atoms with Crippen LogP contribution in [0.25, 0.3) is 10.9 Å². The molecule has 28 heavy (non-hydrogen) atoms. The van der Waals surface area contributed by atoms with Gasteiger partial charge in [0, 0.05) is 24.6 Å². The van der Waals surface area contributed by atoms with Crippen LogP contribution in [-0.4, -0.2) is 31.7 Å². The molecular formula is C22H24N2O4. The van der Waals surface area contributed by atoms with Gasteiger partial charge in [-0.25, -0.2) is 0 Å². The van der Waals surface area contributed by atoms with Crippen molar-refractivity contribution < 1.29 is 14.3 Å². The van der Waals surface area contributed by atoms with Gasteiger partial charge in [0.15, 0.2) is 0 Å². The molecule has 2 N–H and O–H groups in total. The number of hydrogen-bond acceptors (Lipinski definition) is 4. The van der Waals surface area contributed by atoms with Crippen LogP contribution in [0.3, 0.4) is 0 Å². The lowest BCUT2D eigenvalue weighted by Gasteiger charge is -2.07. The summed E-state index contributed by atoms with van der Waals surface area (Å²) < 4.78 is 10.3. The molecule has 3 rings (SSSR count). The molecule has 0 spiro atoms. The number of pyridine rings is 1. The lowest BCUT2D eigenvalue weighted by Crippen LogP contribution is -2.26. The zero-order chi connectivity index (χ0) is 19.9. The first kappa shape index (κ1) is 19.5. The van der Waals surface area contributed by atoms with E-state index in [1.54, 1.807) is 20.3 Å². The standard InChI is InChI=1S/C22H24N2O4/c1-27-18-7-3-15(4-8-18)11-12-23-21(25)10-6-17-13-16-5-9-19(28-2)14-20(16)24-22(17)26/h3-5,7-9,13-14H,6,10-12H2,1-2H3,(H,23,25)(H,24,26). The maximum Gasteiger partial charge on any atom is 0.251 e. The molecule has 6 heteroatoms. The lowest BCUT2D eigenvalue weighted by molar-refractivity contribution is -0.121. The highest BCUT2D eigenvalue weighted by Gasteiger charge is 2.07. The molecule has 0 saturated carbocycles. The molecule has 6 nitrogen and oxygen atoms in total. The molecular weight excluding hydrogens is 356 g/mol. The fourth-order valence-electron chi connectivity index (χ4n) is 3.01. The van der Waals surface area contributed by atoms with Gasteiger partial charge in [-0.05, 0) is 54.1 Å². The van der Waals surface area contributed by atoms with E-state index in [9.17, 15) is 9.59 Å². The number of ether oxygens (including phenoxy) is 2. The minimum atomic E-state index is -0.174. The van der Waals surface area contributed by atoms with E-state index in [2.05, 4.69) is 10.3 Å². The number of hydrogen-bond donors (Lipinski definition) is 2. The molecule has 1 amide bonds. The van der Waals surface area contributed by atoms with Crippen LogP contribution >= 0.6 is 0 Å². The van der Waals surface area contributed by atoms with Crippen molar-refractivity contribution in [2.75, 3.05) is 20.8 Å². The quantitative estimate of drug-likeness (QED) is 0.630. The number of amides is 1. The van der Waals surface area contributed by atoms with Crippen molar-refractivity contribution in [2.24, 2.45) is 0 Å². The third-order valence-electron chi connectivity index (χ3n) is 4.65. The number of rotatable bonds is 8. The summed E-state index contributed by atoms with van der Waals surface area (Å²) in [7, 11) is 3.22. The van der Waals surface area contributed by atoms with Crippen molar-refractivity contribution in [2.45, 2.75) is 19.3 Å². The molecule has 0 radical (unpaired) electrons. The van der Waals surface area contributed by atoms with Crippen molar-refractivity contribution in [1.29, 1.82) is 0 Å².